The van der Waals surface area contributed by atoms with Crippen LogP contribution in [0, 0.1) is 11.3 Å². The van der Waals surface area contributed by atoms with Crippen molar-refractivity contribution in [3.05, 3.63) is 0 Å². The molecule has 0 bridgehead atoms. The van der Waals surface area contributed by atoms with Crippen LogP contribution in [0.1, 0.15) is 53.4 Å². The highest BCUT2D eigenvalue weighted by Gasteiger charge is 2.29. The molecule has 0 aromatic carbocycles. The van der Waals surface area contributed by atoms with E-state index in [9.17, 15) is 4.79 Å². The van der Waals surface area contributed by atoms with Crippen LogP contribution in [-0.4, -0.2) is 37.0 Å². The van der Waals surface area contributed by atoms with Crippen LogP contribution >= 0.6 is 0 Å². The smallest absolute Gasteiger partial charge is 0.222 e. The summed E-state index contributed by atoms with van der Waals surface area (Å²) in [7, 11) is 2.00. The van der Waals surface area contributed by atoms with Crippen LogP contribution in [0.3, 0.4) is 0 Å². The molecule has 0 aromatic rings. The minimum atomic E-state index is 0.315. The van der Waals surface area contributed by atoms with E-state index in [4.69, 9.17) is 0 Å². The summed E-state index contributed by atoms with van der Waals surface area (Å²) in [5, 5.41) is 3.37. The number of amides is 1. The molecule has 1 aliphatic rings. The van der Waals surface area contributed by atoms with Crippen molar-refractivity contribution in [1.82, 2.24) is 10.2 Å². The number of hydrogen-bond acceptors (Lipinski definition) is 2. The van der Waals surface area contributed by atoms with Gasteiger partial charge in [0, 0.05) is 25.6 Å². The molecule has 3 nitrogen and oxygen atoms in total. The number of hydrogen-bond donors (Lipinski definition) is 1. The van der Waals surface area contributed by atoms with Gasteiger partial charge in [0.1, 0.15) is 0 Å². The average molecular weight is 254 g/mol. The van der Waals surface area contributed by atoms with E-state index >= 15 is 0 Å². The zero-order valence-electron chi connectivity index (χ0n) is 12.8. The number of nitrogens with one attached hydrogen (secondary N) is 1. The van der Waals surface area contributed by atoms with Gasteiger partial charge in [-0.15, -0.1) is 0 Å². The molecule has 0 aliphatic carbocycles. The second kappa shape index (κ2) is 6.55. The van der Waals surface area contributed by atoms with Crippen molar-refractivity contribution in [2.24, 2.45) is 11.3 Å². The lowest BCUT2D eigenvalue weighted by Gasteiger charge is -2.30. The molecular weight excluding hydrogens is 224 g/mol. The van der Waals surface area contributed by atoms with Crippen molar-refractivity contribution in [3.63, 3.8) is 0 Å². The minimum Gasteiger partial charge on any atom is -0.341 e. The van der Waals surface area contributed by atoms with E-state index in [1.807, 2.05) is 7.05 Å². The van der Waals surface area contributed by atoms with Crippen LogP contribution in [0.15, 0.2) is 0 Å². The van der Waals surface area contributed by atoms with Crippen molar-refractivity contribution in [1.29, 1.82) is 0 Å². The topological polar surface area (TPSA) is 32.3 Å². The molecule has 3 heteroatoms. The van der Waals surface area contributed by atoms with Gasteiger partial charge in [-0.2, -0.15) is 0 Å². The monoisotopic (exact) mass is 254 g/mol. The summed E-state index contributed by atoms with van der Waals surface area (Å²) >= 11 is 0. The Bertz CT molecular complexity index is 276. The van der Waals surface area contributed by atoms with Crippen molar-refractivity contribution in [2.45, 2.75) is 59.4 Å². The SMILES string of the molecule is CCC(C)C(CN1CCC(C)(C)CCC1=O)NC. The highest BCUT2D eigenvalue weighted by molar-refractivity contribution is 5.76. The standard InChI is InChI=1S/C15H30N2O/c1-6-12(2)13(16-5)11-17-10-9-15(3,4)8-7-14(17)18/h12-13,16H,6-11H2,1-5H3. The van der Waals surface area contributed by atoms with E-state index in [2.05, 4.69) is 37.9 Å². The minimum absolute atomic E-state index is 0.315. The van der Waals surface area contributed by atoms with Gasteiger partial charge in [-0.1, -0.05) is 34.1 Å². The van der Waals surface area contributed by atoms with Crippen molar-refractivity contribution >= 4 is 5.91 Å². The Morgan fingerprint density at radius 2 is 2.06 bits per heavy atom. The molecule has 1 rings (SSSR count). The van der Waals surface area contributed by atoms with E-state index in [0.717, 1.165) is 32.4 Å². The molecule has 106 valence electrons. The number of rotatable bonds is 5. The number of likely N-dealkylation sites (tertiary alicyclic amines) is 1. The first-order valence-corrected chi connectivity index (χ1v) is 7.34. The van der Waals surface area contributed by atoms with Gasteiger partial charge >= 0.3 is 0 Å². The Morgan fingerprint density at radius 1 is 1.39 bits per heavy atom. The van der Waals surface area contributed by atoms with Gasteiger partial charge in [-0.3, -0.25) is 4.79 Å². The molecule has 0 spiro atoms. The molecule has 0 radical (unpaired) electrons. The molecular formula is C15H30N2O. The fourth-order valence-corrected chi connectivity index (χ4v) is 2.56. The quantitative estimate of drug-likeness (QED) is 0.818. The second-order valence-corrected chi connectivity index (χ2v) is 6.53. The Labute approximate surface area is 112 Å². The summed E-state index contributed by atoms with van der Waals surface area (Å²) in [5.41, 5.74) is 0.315. The first-order chi connectivity index (χ1) is 8.39. The molecule has 0 aromatic heterocycles. The van der Waals surface area contributed by atoms with Gasteiger partial charge in [0.15, 0.2) is 0 Å². The third-order valence-corrected chi connectivity index (χ3v) is 4.55. The van der Waals surface area contributed by atoms with Crippen LogP contribution in [0.2, 0.25) is 0 Å². The summed E-state index contributed by atoms with van der Waals surface area (Å²) in [4.78, 5) is 14.2. The second-order valence-electron chi connectivity index (χ2n) is 6.53. The molecule has 1 fully saturated rings. The van der Waals surface area contributed by atoms with E-state index < -0.39 is 0 Å². The molecule has 1 saturated heterocycles. The number of nitrogens with zero attached hydrogens (tertiary/aromatic N) is 1. The van der Waals surface area contributed by atoms with Gasteiger partial charge in [-0.05, 0) is 31.2 Å². The van der Waals surface area contributed by atoms with Gasteiger partial charge in [-0.25, -0.2) is 0 Å². The van der Waals surface area contributed by atoms with Gasteiger partial charge < -0.3 is 10.2 Å². The maximum Gasteiger partial charge on any atom is 0.222 e. The predicted molar refractivity (Wildman–Crippen MR) is 76.5 cm³/mol. The highest BCUT2D eigenvalue weighted by atomic mass is 16.2. The first kappa shape index (κ1) is 15.5. The molecule has 1 N–H and O–H groups in total. The summed E-state index contributed by atoms with van der Waals surface area (Å²) in [6.45, 7) is 10.8. The van der Waals surface area contributed by atoms with Crippen molar-refractivity contribution in [3.8, 4) is 0 Å². The van der Waals surface area contributed by atoms with Gasteiger partial charge in [0.25, 0.3) is 0 Å². The van der Waals surface area contributed by atoms with Gasteiger partial charge in [0.2, 0.25) is 5.91 Å². The molecule has 18 heavy (non-hydrogen) atoms. The largest absolute Gasteiger partial charge is 0.341 e. The van der Waals surface area contributed by atoms with Crippen LogP contribution in [0.5, 0.6) is 0 Å². The molecule has 2 unspecified atom stereocenters. The fourth-order valence-electron chi connectivity index (χ4n) is 2.56. The van der Waals surface area contributed by atoms with E-state index in [1.54, 1.807) is 0 Å². The van der Waals surface area contributed by atoms with Crippen molar-refractivity contribution < 1.29 is 4.79 Å². The summed E-state index contributed by atoms with van der Waals surface area (Å²) in [6, 6.07) is 0.417. The maximum atomic E-state index is 12.2. The summed E-state index contributed by atoms with van der Waals surface area (Å²) in [6.07, 6.45) is 4.01. The number of carbonyl (C=O) groups excluding carboxylic acids is 1. The molecule has 2 atom stereocenters. The normalized spacial score (nSPS) is 23.6. The lowest BCUT2D eigenvalue weighted by Crippen LogP contribution is -2.45. The van der Waals surface area contributed by atoms with E-state index in [-0.39, 0.29) is 0 Å². The van der Waals surface area contributed by atoms with Crippen LogP contribution in [0.25, 0.3) is 0 Å². The average Bonchev–Trinajstić information content (AvgIpc) is 2.47. The lowest BCUT2D eigenvalue weighted by molar-refractivity contribution is -0.131. The Hall–Kier alpha value is -0.570. The highest BCUT2D eigenvalue weighted by Crippen LogP contribution is 2.30. The zero-order valence-corrected chi connectivity index (χ0v) is 12.8. The van der Waals surface area contributed by atoms with Crippen LogP contribution in [-0.2, 0) is 4.79 Å². The van der Waals surface area contributed by atoms with Gasteiger partial charge in [0.05, 0.1) is 0 Å². The van der Waals surface area contributed by atoms with Crippen LogP contribution in [0.4, 0.5) is 0 Å². The van der Waals surface area contributed by atoms with E-state index in [0.29, 0.717) is 29.7 Å². The van der Waals surface area contributed by atoms with E-state index in [1.165, 1.54) is 0 Å². The molecule has 1 aliphatic heterocycles. The molecule has 1 heterocycles. The maximum absolute atomic E-state index is 12.2. The zero-order chi connectivity index (χ0) is 13.8. The first-order valence-electron chi connectivity index (χ1n) is 7.34. The Balaban J connectivity index is 2.61. The Kier molecular flexibility index (Phi) is 5.64. The molecule has 1 amide bonds. The fraction of sp³-hybridized carbons (Fsp3) is 0.933. The summed E-state index contributed by atoms with van der Waals surface area (Å²) in [5.74, 6) is 0.947. The third kappa shape index (κ3) is 4.27. The number of likely N-dealkylation sites (N-methyl/N-ethyl adjacent to an activating group) is 1. The van der Waals surface area contributed by atoms with Crippen LogP contribution < -0.4 is 5.32 Å². The number of carbonyl (C=O) groups is 1. The molecule has 0 saturated carbocycles. The summed E-state index contributed by atoms with van der Waals surface area (Å²) < 4.78 is 0. The Morgan fingerprint density at radius 3 is 2.61 bits per heavy atom. The lowest BCUT2D eigenvalue weighted by atomic mass is 9.85. The third-order valence-electron chi connectivity index (χ3n) is 4.55. The van der Waals surface area contributed by atoms with Crippen molar-refractivity contribution in [2.75, 3.05) is 20.1 Å². The predicted octanol–water partition coefficient (Wildman–Crippen LogP) is 2.66.